The number of esters is 4. The Morgan fingerprint density at radius 1 is 0.307 bits per heavy atom. The minimum atomic E-state index is -4.95. The number of aliphatic hydroxyl groups is 1. The molecule has 0 amide bonds. The van der Waals surface area contributed by atoms with Crippen LogP contribution in [0.15, 0.2) is 0 Å². The second-order valence-corrected chi connectivity index (χ2v) is 28.3. The van der Waals surface area contributed by atoms with Gasteiger partial charge in [-0.1, -0.05) is 304 Å². The van der Waals surface area contributed by atoms with E-state index in [1.54, 1.807) is 0 Å². The zero-order chi connectivity index (χ0) is 64.9. The van der Waals surface area contributed by atoms with Gasteiger partial charge in [0, 0.05) is 25.7 Å². The van der Waals surface area contributed by atoms with Crippen LogP contribution in [-0.4, -0.2) is 96.7 Å². The van der Waals surface area contributed by atoms with E-state index in [-0.39, 0.29) is 25.7 Å². The number of aliphatic hydroxyl groups excluding tert-OH is 1. The first-order chi connectivity index (χ1) is 42.5. The number of ether oxygens (including phenoxy) is 4. The summed E-state index contributed by atoms with van der Waals surface area (Å²) in [6, 6.07) is 0. The summed E-state index contributed by atoms with van der Waals surface area (Å²) in [5.41, 5.74) is 0. The van der Waals surface area contributed by atoms with Crippen LogP contribution in [0, 0.1) is 5.92 Å². The van der Waals surface area contributed by atoms with Crippen LogP contribution < -0.4 is 0 Å². The number of phosphoric ester groups is 2. The summed E-state index contributed by atoms with van der Waals surface area (Å²) in [7, 11) is -9.89. The lowest BCUT2D eigenvalue weighted by atomic mass is 10.0. The van der Waals surface area contributed by atoms with Gasteiger partial charge in [-0.3, -0.25) is 37.3 Å². The third-order valence-corrected chi connectivity index (χ3v) is 17.9. The number of phosphoric acid groups is 2. The van der Waals surface area contributed by atoms with Gasteiger partial charge in [-0.05, 0) is 31.6 Å². The SMILES string of the molecule is CCCCCCCCCCCCCCCCCCCCC(=O)O[C@H](COC(=O)CCCCCCCCCCC(C)C)COP(=O)(O)OC[C@@H](O)COP(=O)(O)OC[C@@H](COC(=O)CCCCCCCCCC)OC(=O)CCCCCCCCCCCCC. The van der Waals surface area contributed by atoms with Gasteiger partial charge in [0.2, 0.25) is 0 Å². The number of hydrogen-bond acceptors (Lipinski definition) is 15. The van der Waals surface area contributed by atoms with Crippen LogP contribution in [0.4, 0.5) is 0 Å². The molecule has 5 atom stereocenters. The van der Waals surface area contributed by atoms with Crippen molar-refractivity contribution in [3.05, 3.63) is 0 Å². The van der Waals surface area contributed by atoms with Crippen molar-refractivity contribution >= 4 is 39.5 Å². The molecule has 0 aliphatic rings. The van der Waals surface area contributed by atoms with Crippen molar-refractivity contribution in [2.45, 2.75) is 374 Å². The maximum absolute atomic E-state index is 13.0. The second-order valence-electron chi connectivity index (χ2n) is 25.4. The van der Waals surface area contributed by atoms with Crippen LogP contribution >= 0.6 is 15.6 Å². The first-order valence-corrected chi connectivity index (χ1v) is 39.1. The average Bonchev–Trinajstić information content (AvgIpc) is 3.62. The monoisotopic (exact) mass is 1300 g/mol. The smallest absolute Gasteiger partial charge is 0.462 e. The van der Waals surface area contributed by atoms with E-state index in [1.807, 2.05) is 0 Å². The summed E-state index contributed by atoms with van der Waals surface area (Å²) in [4.78, 5) is 72.4. The summed E-state index contributed by atoms with van der Waals surface area (Å²) in [5.74, 6) is -1.40. The Morgan fingerprint density at radius 3 is 0.773 bits per heavy atom. The van der Waals surface area contributed by atoms with E-state index < -0.39 is 97.5 Å². The molecule has 0 radical (unpaired) electrons. The van der Waals surface area contributed by atoms with Crippen molar-refractivity contribution in [3.63, 3.8) is 0 Å². The van der Waals surface area contributed by atoms with Gasteiger partial charge in [0.15, 0.2) is 12.2 Å². The molecular weight excluding hydrogens is 1160 g/mol. The van der Waals surface area contributed by atoms with Gasteiger partial charge in [-0.15, -0.1) is 0 Å². The highest BCUT2D eigenvalue weighted by atomic mass is 31.2. The molecule has 0 aliphatic carbocycles. The van der Waals surface area contributed by atoms with Gasteiger partial charge in [0.1, 0.15) is 19.3 Å². The summed E-state index contributed by atoms with van der Waals surface area (Å²) in [5, 5.41) is 10.6. The Kier molecular flexibility index (Phi) is 61.1. The normalized spacial score (nSPS) is 14.1. The van der Waals surface area contributed by atoms with Crippen molar-refractivity contribution in [1.82, 2.24) is 0 Å². The van der Waals surface area contributed by atoms with Crippen LogP contribution in [-0.2, 0) is 65.4 Å². The zero-order valence-corrected chi connectivity index (χ0v) is 58.6. The lowest BCUT2D eigenvalue weighted by Crippen LogP contribution is -2.30. The number of carbonyl (C=O) groups is 4. The molecule has 0 spiro atoms. The summed E-state index contributed by atoms with van der Waals surface area (Å²) in [6.07, 6.45) is 48.7. The molecule has 3 N–H and O–H groups in total. The molecule has 0 saturated heterocycles. The van der Waals surface area contributed by atoms with E-state index in [9.17, 15) is 43.2 Å². The number of rotatable bonds is 69. The van der Waals surface area contributed by atoms with Crippen LogP contribution in [0.2, 0.25) is 0 Å². The Bertz CT molecular complexity index is 1700. The zero-order valence-electron chi connectivity index (χ0n) is 56.9. The number of carbonyl (C=O) groups excluding carboxylic acids is 4. The molecule has 2 unspecified atom stereocenters. The minimum absolute atomic E-state index is 0.107. The van der Waals surface area contributed by atoms with E-state index in [0.717, 1.165) is 102 Å². The molecule has 0 aliphatic heterocycles. The number of hydrogen-bond donors (Lipinski definition) is 3. The third kappa shape index (κ3) is 62.8. The topological polar surface area (TPSA) is 237 Å². The van der Waals surface area contributed by atoms with E-state index in [1.165, 1.54) is 173 Å². The van der Waals surface area contributed by atoms with E-state index in [4.69, 9.17) is 37.0 Å². The molecular formula is C69H134O17P2. The Balaban J connectivity index is 5.19. The molecule has 17 nitrogen and oxygen atoms in total. The molecule has 0 aromatic heterocycles. The standard InChI is InChI=1S/C69H134O17P2/c1-6-9-12-15-18-21-23-24-25-26-27-28-29-31-33-40-45-50-55-69(74)86-65(59-80-67(72)53-48-43-38-35-34-36-41-46-51-62(4)5)61-84-88(77,78)82-57-63(70)56-81-87(75,76)83-60-64(58-79-66(71)52-47-42-37-20-17-14-11-8-3)85-68(73)54-49-44-39-32-30-22-19-16-13-10-7-2/h62-65,70H,6-61H2,1-5H3,(H,75,76)(H,77,78)/t63-,64+,65+/m0/s1. The van der Waals surface area contributed by atoms with E-state index >= 15 is 0 Å². The Labute approximate surface area is 537 Å². The number of unbranched alkanes of at least 4 members (excludes halogenated alkanes) is 41. The molecule has 0 fully saturated rings. The second kappa shape index (κ2) is 62.5. The molecule has 88 heavy (non-hydrogen) atoms. The van der Waals surface area contributed by atoms with Crippen molar-refractivity contribution in [2.75, 3.05) is 39.6 Å². The lowest BCUT2D eigenvalue weighted by Gasteiger charge is -2.21. The Hall–Kier alpha value is -1.94. The highest BCUT2D eigenvalue weighted by Crippen LogP contribution is 2.45. The molecule has 0 aromatic carbocycles. The first-order valence-electron chi connectivity index (χ1n) is 36.1. The van der Waals surface area contributed by atoms with Crippen LogP contribution in [0.5, 0.6) is 0 Å². The summed E-state index contributed by atoms with van der Waals surface area (Å²) < 4.78 is 68.1. The molecule has 0 rings (SSSR count). The Morgan fingerprint density at radius 2 is 0.523 bits per heavy atom. The molecule has 0 bridgehead atoms. The maximum Gasteiger partial charge on any atom is 0.472 e. The predicted molar refractivity (Wildman–Crippen MR) is 354 cm³/mol. The van der Waals surface area contributed by atoms with Gasteiger partial charge in [0.25, 0.3) is 0 Å². The van der Waals surface area contributed by atoms with Gasteiger partial charge in [-0.2, -0.15) is 0 Å². The summed E-state index contributed by atoms with van der Waals surface area (Å²) >= 11 is 0. The van der Waals surface area contributed by atoms with Crippen molar-refractivity contribution in [1.29, 1.82) is 0 Å². The minimum Gasteiger partial charge on any atom is -0.462 e. The van der Waals surface area contributed by atoms with Crippen LogP contribution in [0.3, 0.4) is 0 Å². The van der Waals surface area contributed by atoms with Crippen molar-refractivity contribution < 1.29 is 80.2 Å². The summed E-state index contributed by atoms with van der Waals surface area (Å²) in [6.45, 7) is 7.18. The third-order valence-electron chi connectivity index (χ3n) is 16.0. The van der Waals surface area contributed by atoms with E-state index in [0.29, 0.717) is 25.7 Å². The largest absolute Gasteiger partial charge is 0.472 e. The quantitative estimate of drug-likeness (QED) is 0.0222. The van der Waals surface area contributed by atoms with E-state index in [2.05, 4.69) is 34.6 Å². The van der Waals surface area contributed by atoms with Gasteiger partial charge >= 0.3 is 39.5 Å². The fraction of sp³-hybridized carbons (Fsp3) is 0.942. The molecule has 0 saturated carbocycles. The maximum atomic E-state index is 13.0. The van der Waals surface area contributed by atoms with Crippen molar-refractivity contribution in [2.24, 2.45) is 5.92 Å². The highest BCUT2D eigenvalue weighted by Gasteiger charge is 2.30. The van der Waals surface area contributed by atoms with Gasteiger partial charge < -0.3 is 33.8 Å². The fourth-order valence-corrected chi connectivity index (χ4v) is 12.0. The van der Waals surface area contributed by atoms with Crippen LogP contribution in [0.25, 0.3) is 0 Å². The highest BCUT2D eigenvalue weighted by molar-refractivity contribution is 7.47. The molecule has 522 valence electrons. The first kappa shape index (κ1) is 86.1. The fourth-order valence-electron chi connectivity index (χ4n) is 10.5. The van der Waals surface area contributed by atoms with Crippen LogP contribution in [0.1, 0.15) is 356 Å². The average molecular weight is 1300 g/mol. The molecule has 0 aromatic rings. The molecule has 19 heteroatoms. The lowest BCUT2D eigenvalue weighted by molar-refractivity contribution is -0.161. The van der Waals surface area contributed by atoms with Gasteiger partial charge in [-0.25, -0.2) is 9.13 Å². The van der Waals surface area contributed by atoms with Gasteiger partial charge in [0.05, 0.1) is 26.4 Å². The predicted octanol–water partition coefficient (Wildman–Crippen LogP) is 19.7. The molecule has 0 heterocycles. The van der Waals surface area contributed by atoms with Crippen molar-refractivity contribution in [3.8, 4) is 0 Å².